The second-order valence-electron chi connectivity index (χ2n) is 5.97. The van der Waals surface area contributed by atoms with E-state index in [9.17, 15) is 13.2 Å². The maximum absolute atomic E-state index is 12.7. The van der Waals surface area contributed by atoms with Gasteiger partial charge in [-0.3, -0.25) is 4.79 Å². The number of nitrogens with one attached hydrogen (secondary N) is 1. The number of amides is 1. The molecule has 3 rings (SSSR count). The Hall–Kier alpha value is -1.74. The topological polar surface area (TPSA) is 75.7 Å². The predicted molar refractivity (Wildman–Crippen MR) is 102 cm³/mol. The van der Waals surface area contributed by atoms with Gasteiger partial charge in [-0.2, -0.15) is 4.31 Å². The molecule has 0 atom stereocenters. The molecule has 1 fully saturated rings. The number of carbonyl (C=O) groups is 1. The van der Waals surface area contributed by atoms with E-state index in [4.69, 9.17) is 4.74 Å². The van der Waals surface area contributed by atoms with Crippen LogP contribution in [0.25, 0.3) is 10.4 Å². The zero-order chi connectivity index (χ0) is 18.6. The molecule has 0 aliphatic carbocycles. The highest BCUT2D eigenvalue weighted by atomic mass is 32.2. The molecule has 1 aromatic carbocycles. The number of carbonyl (C=O) groups excluding carboxylic acids is 1. The van der Waals surface area contributed by atoms with Crippen LogP contribution in [0.4, 0.5) is 0 Å². The van der Waals surface area contributed by atoms with Crippen molar-refractivity contribution in [3.05, 3.63) is 42.0 Å². The van der Waals surface area contributed by atoms with Crippen LogP contribution >= 0.6 is 11.3 Å². The Morgan fingerprint density at radius 3 is 2.50 bits per heavy atom. The molecule has 1 aromatic heterocycles. The van der Waals surface area contributed by atoms with Crippen molar-refractivity contribution in [1.82, 2.24) is 9.62 Å². The molecule has 0 radical (unpaired) electrons. The molecule has 8 heteroatoms. The smallest absolute Gasteiger partial charge is 0.252 e. The summed E-state index contributed by atoms with van der Waals surface area (Å²) in [6.45, 7) is 4.28. The van der Waals surface area contributed by atoms with Crippen LogP contribution in [0.15, 0.2) is 40.6 Å². The van der Waals surface area contributed by atoms with Gasteiger partial charge in [-0.1, -0.05) is 19.1 Å². The summed E-state index contributed by atoms with van der Waals surface area (Å²) in [5.41, 5.74) is 1.49. The number of morpholine rings is 1. The van der Waals surface area contributed by atoms with Crippen molar-refractivity contribution in [2.75, 3.05) is 32.8 Å². The number of nitrogens with zero attached hydrogens (tertiary/aromatic N) is 1. The van der Waals surface area contributed by atoms with E-state index in [1.54, 1.807) is 18.2 Å². The SMILES string of the molecule is CCCNC(=O)c1ccc(-c2ccc(S(=O)(=O)N3CCOCC3)s2)cc1. The molecule has 1 aliphatic heterocycles. The summed E-state index contributed by atoms with van der Waals surface area (Å²) in [4.78, 5) is 12.8. The zero-order valence-corrected chi connectivity index (χ0v) is 16.2. The summed E-state index contributed by atoms with van der Waals surface area (Å²) < 4.78 is 32.4. The molecule has 1 amide bonds. The van der Waals surface area contributed by atoms with Crippen molar-refractivity contribution in [2.24, 2.45) is 0 Å². The van der Waals surface area contributed by atoms with Crippen LogP contribution in [0.3, 0.4) is 0 Å². The summed E-state index contributed by atoms with van der Waals surface area (Å²) in [7, 11) is -3.47. The summed E-state index contributed by atoms with van der Waals surface area (Å²) in [6.07, 6.45) is 0.888. The second-order valence-corrected chi connectivity index (χ2v) is 9.22. The molecular formula is C18H22N2O4S2. The minimum absolute atomic E-state index is 0.0971. The van der Waals surface area contributed by atoms with Crippen molar-refractivity contribution in [2.45, 2.75) is 17.6 Å². The predicted octanol–water partition coefficient (Wildman–Crippen LogP) is 2.58. The lowest BCUT2D eigenvalue weighted by Crippen LogP contribution is -2.40. The van der Waals surface area contributed by atoms with Gasteiger partial charge in [0.25, 0.3) is 15.9 Å². The van der Waals surface area contributed by atoms with E-state index < -0.39 is 10.0 Å². The number of benzene rings is 1. The average molecular weight is 395 g/mol. The fourth-order valence-electron chi connectivity index (χ4n) is 2.65. The number of thiophene rings is 1. The van der Waals surface area contributed by atoms with Gasteiger partial charge in [-0.15, -0.1) is 11.3 Å². The Kier molecular flexibility index (Phi) is 6.08. The molecule has 2 heterocycles. The van der Waals surface area contributed by atoms with Gasteiger partial charge in [-0.05, 0) is 36.2 Å². The fourth-order valence-corrected chi connectivity index (χ4v) is 5.53. The first-order chi connectivity index (χ1) is 12.5. The van der Waals surface area contributed by atoms with Crippen molar-refractivity contribution in [1.29, 1.82) is 0 Å². The number of hydrogen-bond acceptors (Lipinski definition) is 5. The molecule has 0 spiro atoms. The van der Waals surface area contributed by atoms with Crippen molar-refractivity contribution in [3.63, 3.8) is 0 Å². The molecule has 26 heavy (non-hydrogen) atoms. The van der Waals surface area contributed by atoms with Crippen LogP contribution in [0.2, 0.25) is 0 Å². The lowest BCUT2D eigenvalue weighted by Gasteiger charge is -2.25. The van der Waals surface area contributed by atoms with Crippen LogP contribution in [-0.4, -0.2) is 51.5 Å². The molecule has 0 unspecified atom stereocenters. The van der Waals surface area contributed by atoms with Gasteiger partial charge in [0.1, 0.15) is 4.21 Å². The third-order valence-corrected chi connectivity index (χ3v) is 7.61. The molecule has 1 N–H and O–H groups in total. The largest absolute Gasteiger partial charge is 0.379 e. The average Bonchev–Trinajstić information content (AvgIpc) is 3.18. The number of hydrogen-bond donors (Lipinski definition) is 1. The normalized spacial score (nSPS) is 15.7. The van der Waals surface area contributed by atoms with Crippen LogP contribution in [0.5, 0.6) is 0 Å². The van der Waals surface area contributed by atoms with Crippen molar-refractivity contribution in [3.8, 4) is 10.4 Å². The molecule has 140 valence electrons. The van der Waals surface area contributed by atoms with Gasteiger partial charge < -0.3 is 10.1 Å². The minimum atomic E-state index is -3.47. The number of ether oxygens (including phenoxy) is 1. The van der Waals surface area contributed by atoms with Gasteiger partial charge in [0.05, 0.1) is 13.2 Å². The molecule has 0 bridgehead atoms. The third-order valence-electron chi connectivity index (χ3n) is 4.11. The van der Waals surface area contributed by atoms with Gasteiger partial charge in [0.15, 0.2) is 0 Å². The summed E-state index contributed by atoms with van der Waals surface area (Å²) in [6, 6.07) is 10.7. The van der Waals surface area contributed by atoms with E-state index in [1.165, 1.54) is 15.6 Å². The highest BCUT2D eigenvalue weighted by Gasteiger charge is 2.27. The first-order valence-corrected chi connectivity index (χ1v) is 10.8. The Balaban J connectivity index is 1.76. The van der Waals surface area contributed by atoms with Crippen molar-refractivity contribution < 1.29 is 17.9 Å². The summed E-state index contributed by atoms with van der Waals surface area (Å²) in [5, 5.41) is 2.84. The Bertz CT molecular complexity index is 854. The highest BCUT2D eigenvalue weighted by Crippen LogP contribution is 2.32. The van der Waals surface area contributed by atoms with E-state index in [0.717, 1.165) is 16.9 Å². The minimum Gasteiger partial charge on any atom is -0.379 e. The van der Waals surface area contributed by atoms with E-state index in [1.807, 2.05) is 25.1 Å². The third kappa shape index (κ3) is 4.15. The summed E-state index contributed by atoms with van der Waals surface area (Å²) >= 11 is 1.24. The number of rotatable bonds is 6. The van der Waals surface area contributed by atoms with E-state index in [0.29, 0.717) is 42.6 Å². The first-order valence-electron chi connectivity index (χ1n) is 8.58. The Morgan fingerprint density at radius 1 is 1.15 bits per heavy atom. The lowest BCUT2D eigenvalue weighted by molar-refractivity contribution is 0.0731. The van der Waals surface area contributed by atoms with Crippen LogP contribution < -0.4 is 5.32 Å². The first kappa shape index (κ1) is 19.0. The van der Waals surface area contributed by atoms with E-state index >= 15 is 0 Å². The molecule has 6 nitrogen and oxygen atoms in total. The maximum atomic E-state index is 12.7. The standard InChI is InChI=1S/C18H22N2O4S2/c1-2-9-19-18(21)15-5-3-14(4-6-15)16-7-8-17(25-16)26(22,23)20-10-12-24-13-11-20/h3-8H,2,9-13H2,1H3,(H,19,21). The summed E-state index contributed by atoms with van der Waals surface area (Å²) in [5.74, 6) is -0.0971. The second kappa shape index (κ2) is 8.30. The van der Waals surface area contributed by atoms with Gasteiger partial charge >= 0.3 is 0 Å². The van der Waals surface area contributed by atoms with Crippen LogP contribution in [0.1, 0.15) is 23.7 Å². The number of sulfonamides is 1. The van der Waals surface area contributed by atoms with Gasteiger partial charge in [0, 0.05) is 30.1 Å². The van der Waals surface area contributed by atoms with E-state index in [-0.39, 0.29) is 5.91 Å². The van der Waals surface area contributed by atoms with Crippen LogP contribution in [0, 0.1) is 0 Å². The molecule has 0 saturated carbocycles. The van der Waals surface area contributed by atoms with E-state index in [2.05, 4.69) is 5.32 Å². The fraction of sp³-hybridized carbons (Fsp3) is 0.389. The monoisotopic (exact) mass is 394 g/mol. The van der Waals surface area contributed by atoms with Gasteiger partial charge in [-0.25, -0.2) is 8.42 Å². The zero-order valence-electron chi connectivity index (χ0n) is 14.6. The van der Waals surface area contributed by atoms with Gasteiger partial charge in [0.2, 0.25) is 0 Å². The Morgan fingerprint density at radius 2 is 1.85 bits per heavy atom. The molecular weight excluding hydrogens is 372 g/mol. The molecule has 1 saturated heterocycles. The maximum Gasteiger partial charge on any atom is 0.252 e. The quantitative estimate of drug-likeness (QED) is 0.817. The molecule has 2 aromatic rings. The van der Waals surface area contributed by atoms with Crippen molar-refractivity contribution >= 4 is 27.3 Å². The lowest BCUT2D eigenvalue weighted by atomic mass is 10.1. The molecule has 1 aliphatic rings. The highest BCUT2D eigenvalue weighted by molar-refractivity contribution is 7.91. The van der Waals surface area contributed by atoms with Crippen LogP contribution in [-0.2, 0) is 14.8 Å². The Labute approximate surface area is 157 Å².